The lowest BCUT2D eigenvalue weighted by atomic mass is 9.84. The molecule has 3 nitrogen and oxygen atoms in total. The molecule has 0 spiro atoms. The first-order chi connectivity index (χ1) is 38.9. The molecule has 7 aromatic carbocycles. The van der Waals surface area contributed by atoms with Gasteiger partial charge in [0.15, 0.2) is 0 Å². The van der Waals surface area contributed by atoms with Gasteiger partial charge in [-0.1, -0.05) is 155 Å². The third-order valence-electron chi connectivity index (χ3n) is 11.1. The molecular weight excluding hydrogens is 806 g/mol. The van der Waals surface area contributed by atoms with Crippen LogP contribution in [0.3, 0.4) is 0 Å². The Kier molecular flexibility index (Phi) is 5.28. The van der Waals surface area contributed by atoms with Crippen molar-refractivity contribution >= 4 is 99.0 Å². The minimum atomic E-state index is -1.34. The fourth-order valence-corrected chi connectivity index (χ4v) is 8.96. The number of para-hydroxylation sites is 2. The van der Waals surface area contributed by atoms with Crippen LogP contribution in [0, 0.1) is 0 Å². The topological polar surface area (TPSA) is 11.4 Å². The quantitative estimate of drug-likeness (QED) is 0.174. The van der Waals surface area contributed by atoms with E-state index in [4.69, 9.17) is 18.5 Å². The molecule has 0 unspecified atom stereocenters. The largest absolute Gasteiger partial charge is 0.307 e. The fourth-order valence-electron chi connectivity index (χ4n) is 7.64. The molecule has 318 valence electrons. The molecule has 63 heavy (non-hydrogen) atoms. The van der Waals surface area contributed by atoms with Crippen molar-refractivity contribution in [3.63, 3.8) is 0 Å². The summed E-state index contributed by atoms with van der Waals surface area (Å²) in [6.45, 7) is 20.4. The van der Waals surface area contributed by atoms with E-state index in [2.05, 4.69) is 0 Å². The smallest absolute Gasteiger partial charge is 0.0887 e. The Morgan fingerprint density at radius 1 is 0.476 bits per heavy atom. The van der Waals surface area contributed by atoms with Gasteiger partial charge >= 0.3 is 0 Å². The maximum atomic E-state index is 10.5. The Labute approximate surface area is 413 Å². The van der Waals surface area contributed by atoms with Crippen molar-refractivity contribution < 1.29 is 30.2 Å². The van der Waals surface area contributed by atoms with Crippen molar-refractivity contribution in [1.29, 1.82) is 0 Å². The van der Waals surface area contributed by atoms with Gasteiger partial charge in [-0.2, -0.15) is 0 Å². The van der Waals surface area contributed by atoms with Crippen molar-refractivity contribution in [2.24, 2.45) is 0 Å². The summed E-state index contributed by atoms with van der Waals surface area (Å²) in [4.78, 5) is 2.09. The van der Waals surface area contributed by atoms with Gasteiger partial charge in [0.1, 0.15) is 0 Å². The first kappa shape index (κ1) is 23.4. The van der Waals surface area contributed by atoms with Gasteiger partial charge in [0.2, 0.25) is 0 Å². The van der Waals surface area contributed by atoms with Crippen LogP contribution in [0.5, 0.6) is 0 Å². The first-order valence-electron chi connectivity index (χ1n) is 31.6. The number of hydrogen-bond acceptors (Lipinski definition) is 3. The average Bonchev–Trinajstić information content (AvgIpc) is 1.61. The van der Waals surface area contributed by atoms with Crippen molar-refractivity contribution in [2.45, 2.75) is 105 Å². The second kappa shape index (κ2) is 14.2. The Morgan fingerprint density at radius 3 is 1.73 bits per heavy atom. The van der Waals surface area contributed by atoms with E-state index >= 15 is 0 Å². The van der Waals surface area contributed by atoms with Crippen LogP contribution < -0.4 is 9.80 Å². The number of thiophene rings is 1. The van der Waals surface area contributed by atoms with Crippen LogP contribution in [0.2, 0.25) is 5.02 Å². The van der Waals surface area contributed by atoms with Crippen LogP contribution in [-0.2, 0) is 21.7 Å². The lowest BCUT2D eigenvalue weighted by Crippen LogP contribution is -2.22. The molecule has 0 fully saturated rings. The first-order valence-corrected chi connectivity index (χ1v) is 21.8. The van der Waals surface area contributed by atoms with Gasteiger partial charge in [-0.15, -0.1) is 11.3 Å². The third-order valence-corrected chi connectivity index (χ3v) is 12.6. The predicted octanol–water partition coefficient (Wildman–Crippen LogP) is 18.2. The summed E-state index contributed by atoms with van der Waals surface area (Å²) in [5.74, 6) is 0. The highest BCUT2D eigenvalue weighted by Gasteiger charge is 2.35. The number of nitrogens with zero attached hydrogens (tertiary/aromatic N) is 3. The number of aromatic nitrogens is 1. The van der Waals surface area contributed by atoms with Gasteiger partial charge in [-0.3, -0.25) is 0 Å². The van der Waals surface area contributed by atoms with Crippen molar-refractivity contribution in [2.75, 3.05) is 9.80 Å². The maximum absolute atomic E-state index is 10.5. The van der Waals surface area contributed by atoms with Gasteiger partial charge in [-0.25, -0.2) is 0 Å². The molecule has 3 heterocycles. The Morgan fingerprint density at radius 2 is 1.05 bits per heavy atom. The van der Waals surface area contributed by atoms with Gasteiger partial charge in [0.05, 0.1) is 85.0 Å². The highest BCUT2D eigenvalue weighted by atomic mass is 35.5. The van der Waals surface area contributed by atoms with Gasteiger partial charge in [-0.05, 0) is 116 Å². The molecule has 2 aromatic heterocycles. The molecule has 9 aromatic rings. The van der Waals surface area contributed by atoms with Gasteiger partial charge < -0.3 is 14.4 Å². The summed E-state index contributed by atoms with van der Waals surface area (Å²) >= 11 is 8.73. The van der Waals surface area contributed by atoms with E-state index in [-0.39, 0.29) is 88.0 Å². The van der Waals surface area contributed by atoms with E-state index in [0.29, 0.717) is 11.3 Å². The Balaban J connectivity index is 1.55. The highest BCUT2D eigenvalue weighted by Crippen LogP contribution is 2.56. The number of hydrogen-bond donors (Lipinski definition) is 0. The lowest BCUT2D eigenvalue weighted by molar-refractivity contribution is 0.589. The molecule has 0 N–H and O–H groups in total. The molecule has 10 rings (SSSR count). The van der Waals surface area contributed by atoms with Crippen LogP contribution in [0.15, 0.2) is 133 Å². The molecular formula is C58H58ClN3S. The molecule has 0 radical (unpaired) electrons. The predicted molar refractivity (Wildman–Crippen MR) is 276 cm³/mol. The highest BCUT2D eigenvalue weighted by molar-refractivity contribution is 7.26. The summed E-state index contributed by atoms with van der Waals surface area (Å²) in [5, 5.41) is -1.26. The van der Waals surface area contributed by atoms with Crippen molar-refractivity contribution in [1.82, 2.24) is 4.57 Å². The molecule has 1 aliphatic heterocycles. The molecule has 0 saturated carbocycles. The lowest BCUT2D eigenvalue weighted by Gasteiger charge is -2.37. The average molecular weight is 887 g/mol. The summed E-state index contributed by atoms with van der Waals surface area (Å²) in [7, 11) is 0. The molecule has 0 amide bonds. The second-order valence-corrected chi connectivity index (χ2v) is 21.4. The number of fused-ring (bicyclic) bond motifs is 8. The van der Waals surface area contributed by atoms with E-state index in [1.807, 2.05) is 0 Å². The minimum absolute atomic E-state index is 0.0398. The van der Waals surface area contributed by atoms with Crippen LogP contribution in [-0.4, -0.2) is 4.57 Å². The monoisotopic (exact) mass is 886 g/mol. The van der Waals surface area contributed by atoms with E-state index < -0.39 is 176 Å². The van der Waals surface area contributed by atoms with Crippen LogP contribution in [0.4, 0.5) is 34.1 Å². The van der Waals surface area contributed by atoms with E-state index in [0.717, 1.165) is 9.80 Å². The molecule has 0 bridgehead atoms. The van der Waals surface area contributed by atoms with Crippen LogP contribution >= 0.6 is 22.9 Å². The number of benzene rings is 7. The molecule has 1 aliphatic rings. The molecule has 0 aliphatic carbocycles. The zero-order valence-corrected chi connectivity index (χ0v) is 38.7. The standard InChI is InChI=1S/C58H58ClN3S/c1-55(2,3)35-24-27-39(28-25-35)60(47-22-17-19-41-40-18-13-16-23-51(40)63-54(41)47)48-32-38(58(10,11)12)33-49(52(48)59)61-45-20-14-15-21-46(45)62-44-29-26-36(56(4,5)6)30-42(44)43-31-37(57(7,8)9)34-50(61)53(43)62/h13-34H,1-12H3/i13D,14D,15D,16D,17D,18D,19D,20D,21D,22D,23D,24D,25D,26D,27D,28D,29D,30D,31D,32D,33D,34D. The van der Waals surface area contributed by atoms with Gasteiger partial charge in [0.25, 0.3) is 0 Å². The summed E-state index contributed by atoms with van der Waals surface area (Å²) in [6, 6.07) is -13.5. The zero-order chi connectivity index (χ0) is 63.7. The Bertz CT molecular complexity index is 4550. The second-order valence-electron chi connectivity index (χ2n) is 20.0. The minimum Gasteiger partial charge on any atom is -0.307 e. The number of anilines is 6. The summed E-state index contributed by atoms with van der Waals surface area (Å²) in [6.07, 6.45) is 0. The third kappa shape index (κ3) is 6.75. The number of halogens is 1. The maximum Gasteiger partial charge on any atom is 0.0887 e. The molecule has 0 saturated heterocycles. The van der Waals surface area contributed by atoms with E-state index in [9.17, 15) is 23.3 Å². The summed E-state index contributed by atoms with van der Waals surface area (Å²) in [5.41, 5.74) is -8.31. The van der Waals surface area contributed by atoms with Crippen molar-refractivity contribution in [3.8, 4) is 5.69 Å². The number of rotatable bonds is 4. The normalized spacial score (nSPS) is 18.3. The fraction of sp³-hybridized carbons (Fsp3) is 0.276. The summed E-state index contributed by atoms with van der Waals surface area (Å²) < 4.78 is 213. The molecule has 5 heteroatoms. The molecule has 0 atom stereocenters. The van der Waals surface area contributed by atoms with Crippen LogP contribution in [0.1, 0.15) is 135 Å². The van der Waals surface area contributed by atoms with E-state index in [1.54, 1.807) is 83.1 Å². The van der Waals surface area contributed by atoms with E-state index in [1.165, 1.54) is 4.57 Å². The Hall–Kier alpha value is -5.55. The van der Waals surface area contributed by atoms with Crippen LogP contribution in [0.25, 0.3) is 47.7 Å². The SMILES string of the molecule is [2H]c1c([2H])c([2H])c2c(c1[2H])N(c1c([2H])c(C(C)(C)C)c([2H])c(N(c3c([2H])c([2H])c(C(C)(C)C)c([2H])c3[2H])c3c([2H])c([2H])c([2H])c4c3sc3c([2H])c([2H])c([2H])c([2H])c34)c1Cl)c1c([2H])c(C(C)(C)C)c([2H])c3c4c([2H])c(C(C)(C)C)c([2H])c([2H])c4n-2c13. The van der Waals surface area contributed by atoms with Crippen molar-refractivity contribution in [3.05, 3.63) is 160 Å². The van der Waals surface area contributed by atoms with Gasteiger partial charge in [0, 0.05) is 31.9 Å². The zero-order valence-electron chi connectivity index (χ0n) is 59.1.